The van der Waals surface area contributed by atoms with E-state index in [-0.39, 0.29) is 0 Å². The highest BCUT2D eigenvalue weighted by molar-refractivity contribution is 5.89. The van der Waals surface area contributed by atoms with Gasteiger partial charge in [-0.15, -0.1) is 9.78 Å². The molecular weight excluding hydrogens is 408 g/mol. The SMILES string of the molecule is CCCCCCCCCC(OOC(=O)c1cccc(C)c1)OOC(=O)c1cccc(C)c1. The van der Waals surface area contributed by atoms with E-state index in [0.29, 0.717) is 17.5 Å². The molecule has 0 amide bonds. The summed E-state index contributed by atoms with van der Waals surface area (Å²) in [4.78, 5) is 44.9. The van der Waals surface area contributed by atoms with Gasteiger partial charge in [0.25, 0.3) is 0 Å². The number of aryl methyl sites for hydroxylation is 2. The molecule has 6 heteroatoms. The molecule has 0 spiro atoms. The first kappa shape index (κ1) is 25.6. The minimum absolute atomic E-state index is 0.372. The molecule has 0 fully saturated rings. The molecule has 2 aromatic carbocycles. The number of benzene rings is 2. The van der Waals surface area contributed by atoms with Crippen molar-refractivity contribution in [1.29, 1.82) is 0 Å². The number of unbranched alkanes of at least 4 members (excludes halogenated alkanes) is 6. The smallest absolute Gasteiger partial charge is 0.290 e. The average molecular weight is 443 g/mol. The van der Waals surface area contributed by atoms with E-state index < -0.39 is 18.2 Å². The Labute approximate surface area is 190 Å². The Bertz CT molecular complexity index is 786. The maximum atomic E-state index is 12.3. The first-order chi connectivity index (χ1) is 15.5. The van der Waals surface area contributed by atoms with Gasteiger partial charge in [-0.05, 0) is 44.5 Å². The fourth-order valence-electron chi connectivity index (χ4n) is 3.22. The summed E-state index contributed by atoms with van der Waals surface area (Å²) >= 11 is 0. The summed E-state index contributed by atoms with van der Waals surface area (Å²) in [6, 6.07) is 14.0. The van der Waals surface area contributed by atoms with E-state index >= 15 is 0 Å². The van der Waals surface area contributed by atoms with E-state index in [2.05, 4.69) is 6.92 Å². The monoisotopic (exact) mass is 442 g/mol. The second-order valence-electron chi connectivity index (χ2n) is 8.01. The third-order valence-corrected chi connectivity index (χ3v) is 5.01. The topological polar surface area (TPSA) is 71.1 Å². The first-order valence-electron chi connectivity index (χ1n) is 11.4. The molecule has 0 N–H and O–H groups in total. The molecule has 0 saturated carbocycles. The molecule has 0 atom stereocenters. The Hall–Kier alpha value is -2.70. The van der Waals surface area contributed by atoms with Crippen molar-refractivity contribution in [3.8, 4) is 0 Å². The van der Waals surface area contributed by atoms with E-state index in [9.17, 15) is 9.59 Å². The third-order valence-electron chi connectivity index (χ3n) is 5.01. The van der Waals surface area contributed by atoms with Crippen molar-refractivity contribution >= 4 is 11.9 Å². The summed E-state index contributed by atoms with van der Waals surface area (Å²) in [5.41, 5.74) is 2.61. The molecule has 0 aliphatic rings. The van der Waals surface area contributed by atoms with Crippen LogP contribution in [0.15, 0.2) is 48.5 Å². The molecule has 0 saturated heterocycles. The lowest BCUT2D eigenvalue weighted by Crippen LogP contribution is -2.22. The molecule has 0 aliphatic heterocycles. The first-order valence-corrected chi connectivity index (χ1v) is 11.4. The van der Waals surface area contributed by atoms with Gasteiger partial charge in [0.05, 0.1) is 11.1 Å². The zero-order chi connectivity index (χ0) is 23.2. The van der Waals surface area contributed by atoms with Gasteiger partial charge in [-0.25, -0.2) is 9.59 Å². The predicted octanol–water partition coefficient (Wildman–Crippen LogP) is 6.65. The molecule has 0 radical (unpaired) electrons. The Kier molecular flexibility index (Phi) is 11.5. The van der Waals surface area contributed by atoms with Crippen molar-refractivity contribution in [2.45, 2.75) is 78.4 Å². The van der Waals surface area contributed by atoms with Gasteiger partial charge in [0.2, 0.25) is 6.29 Å². The van der Waals surface area contributed by atoms with Crippen LogP contribution in [-0.4, -0.2) is 18.2 Å². The van der Waals surface area contributed by atoms with E-state index in [0.717, 1.165) is 30.4 Å². The zero-order valence-electron chi connectivity index (χ0n) is 19.3. The van der Waals surface area contributed by atoms with Gasteiger partial charge in [-0.2, -0.15) is 0 Å². The van der Waals surface area contributed by atoms with Gasteiger partial charge in [0, 0.05) is 6.42 Å². The predicted molar refractivity (Wildman–Crippen MR) is 122 cm³/mol. The van der Waals surface area contributed by atoms with E-state index in [4.69, 9.17) is 19.6 Å². The molecule has 2 rings (SSSR count). The van der Waals surface area contributed by atoms with Crippen LogP contribution in [0.1, 0.15) is 90.1 Å². The molecule has 0 heterocycles. The fourth-order valence-corrected chi connectivity index (χ4v) is 3.22. The van der Waals surface area contributed by atoms with Gasteiger partial charge in [-0.1, -0.05) is 80.8 Å². The van der Waals surface area contributed by atoms with Crippen LogP contribution in [0, 0.1) is 13.8 Å². The average Bonchev–Trinajstić information content (AvgIpc) is 2.79. The van der Waals surface area contributed by atoms with Crippen molar-refractivity contribution in [2.24, 2.45) is 0 Å². The minimum atomic E-state index is -1.01. The van der Waals surface area contributed by atoms with Gasteiger partial charge in [0.1, 0.15) is 0 Å². The summed E-state index contributed by atoms with van der Waals surface area (Å²) in [6.45, 7) is 5.96. The van der Waals surface area contributed by atoms with Crippen LogP contribution < -0.4 is 0 Å². The van der Waals surface area contributed by atoms with Crippen LogP contribution in [0.5, 0.6) is 0 Å². The Morgan fingerprint density at radius 1 is 0.719 bits per heavy atom. The minimum Gasteiger partial charge on any atom is -0.290 e. The van der Waals surface area contributed by atoms with E-state index in [1.165, 1.54) is 25.7 Å². The van der Waals surface area contributed by atoms with Crippen LogP contribution >= 0.6 is 0 Å². The highest BCUT2D eigenvalue weighted by atomic mass is 17.3. The maximum Gasteiger partial charge on any atom is 0.373 e. The molecule has 174 valence electrons. The molecule has 0 aliphatic carbocycles. The summed E-state index contributed by atoms with van der Waals surface area (Å²) in [7, 11) is 0. The van der Waals surface area contributed by atoms with Gasteiger partial charge in [0.15, 0.2) is 0 Å². The molecule has 0 unspecified atom stereocenters. The second-order valence-corrected chi connectivity index (χ2v) is 8.01. The number of hydrogen-bond acceptors (Lipinski definition) is 6. The van der Waals surface area contributed by atoms with Gasteiger partial charge < -0.3 is 0 Å². The Morgan fingerprint density at radius 2 is 1.19 bits per heavy atom. The van der Waals surface area contributed by atoms with Gasteiger partial charge in [-0.3, -0.25) is 9.78 Å². The summed E-state index contributed by atoms with van der Waals surface area (Å²) in [5, 5.41) is 0. The summed E-state index contributed by atoms with van der Waals surface area (Å²) < 4.78 is 0. The van der Waals surface area contributed by atoms with Crippen LogP contribution in [0.3, 0.4) is 0 Å². The lowest BCUT2D eigenvalue weighted by molar-refractivity contribution is -0.421. The largest absolute Gasteiger partial charge is 0.373 e. The van der Waals surface area contributed by atoms with E-state index in [1.807, 2.05) is 26.0 Å². The van der Waals surface area contributed by atoms with Crippen LogP contribution in [0.4, 0.5) is 0 Å². The highest BCUT2D eigenvalue weighted by Gasteiger charge is 2.19. The quantitative estimate of drug-likeness (QED) is 0.141. The summed E-state index contributed by atoms with van der Waals surface area (Å²) in [6.07, 6.45) is 7.19. The molecule has 0 aromatic heterocycles. The maximum absolute atomic E-state index is 12.3. The standard InChI is InChI=1S/C26H34O6/c1-4-5-6-7-8-9-10-17-24(29-31-25(27)22-15-11-13-20(2)18-22)30-32-26(28)23-16-12-14-21(3)19-23/h11-16,18-19,24H,4-10,17H2,1-3H3. The van der Waals surface area contributed by atoms with Crippen LogP contribution in [0.25, 0.3) is 0 Å². The van der Waals surface area contributed by atoms with Crippen LogP contribution in [-0.2, 0) is 19.6 Å². The lowest BCUT2D eigenvalue weighted by atomic mass is 10.1. The zero-order valence-corrected chi connectivity index (χ0v) is 19.3. The molecule has 6 nitrogen and oxygen atoms in total. The lowest BCUT2D eigenvalue weighted by Gasteiger charge is -2.15. The number of hydrogen-bond donors (Lipinski definition) is 0. The Morgan fingerprint density at radius 3 is 1.66 bits per heavy atom. The molecule has 2 aromatic rings. The highest BCUT2D eigenvalue weighted by Crippen LogP contribution is 2.15. The van der Waals surface area contributed by atoms with Crippen molar-refractivity contribution in [2.75, 3.05) is 0 Å². The summed E-state index contributed by atoms with van der Waals surface area (Å²) in [5.74, 6) is -1.27. The fraction of sp³-hybridized carbons (Fsp3) is 0.462. The van der Waals surface area contributed by atoms with Gasteiger partial charge >= 0.3 is 11.9 Å². The molecular formula is C26H34O6. The van der Waals surface area contributed by atoms with E-state index in [1.54, 1.807) is 36.4 Å². The van der Waals surface area contributed by atoms with Crippen molar-refractivity contribution in [3.63, 3.8) is 0 Å². The second kappa shape index (κ2) is 14.4. The normalized spacial score (nSPS) is 10.9. The van der Waals surface area contributed by atoms with Crippen molar-refractivity contribution in [1.82, 2.24) is 0 Å². The van der Waals surface area contributed by atoms with Crippen molar-refractivity contribution < 1.29 is 29.1 Å². The van der Waals surface area contributed by atoms with Crippen molar-refractivity contribution in [3.05, 3.63) is 70.8 Å². The third kappa shape index (κ3) is 9.62. The number of carbonyl (C=O) groups is 2. The van der Waals surface area contributed by atoms with Crippen LogP contribution in [0.2, 0.25) is 0 Å². The Balaban J connectivity index is 1.86. The molecule has 32 heavy (non-hydrogen) atoms. The molecule has 0 bridgehead atoms. The number of carbonyl (C=O) groups excluding carboxylic acids is 2. The number of rotatable bonds is 14.